The highest BCUT2D eigenvalue weighted by Crippen LogP contribution is 2.21. The number of nitrogens with zero attached hydrogens (tertiary/aromatic N) is 2. The summed E-state index contributed by atoms with van der Waals surface area (Å²) in [6.07, 6.45) is 8.72. The second kappa shape index (κ2) is 5.34. The first-order valence-corrected chi connectivity index (χ1v) is 6.73. The van der Waals surface area contributed by atoms with E-state index in [9.17, 15) is 0 Å². The van der Waals surface area contributed by atoms with Crippen LogP contribution in [0.4, 0.5) is 0 Å². The quantitative estimate of drug-likeness (QED) is 0.842. The van der Waals surface area contributed by atoms with Gasteiger partial charge in [0.25, 0.3) is 0 Å². The molecule has 1 N–H and O–H groups in total. The highest BCUT2D eigenvalue weighted by Gasteiger charge is 2.05. The van der Waals surface area contributed by atoms with Gasteiger partial charge < -0.3 is 0 Å². The van der Waals surface area contributed by atoms with Crippen LogP contribution in [-0.2, 0) is 0 Å². The fraction of sp³-hybridized carbons (Fsp3) is 0.583. The first-order chi connectivity index (χ1) is 7.81. The van der Waals surface area contributed by atoms with Gasteiger partial charge in [-0.2, -0.15) is 0 Å². The van der Waals surface area contributed by atoms with E-state index in [1.54, 1.807) is 11.3 Å². The molecule has 0 aliphatic heterocycles. The molecular weight excluding hydrogens is 218 g/mol. The Kier molecular flexibility index (Phi) is 3.83. The van der Waals surface area contributed by atoms with Crippen molar-refractivity contribution in [2.45, 2.75) is 39.0 Å². The molecule has 0 radical (unpaired) electrons. The number of rotatable bonds is 2. The van der Waals surface area contributed by atoms with E-state index in [0.29, 0.717) is 0 Å². The van der Waals surface area contributed by atoms with E-state index in [1.165, 1.54) is 43.4 Å². The van der Waals surface area contributed by atoms with Crippen LogP contribution in [0.5, 0.6) is 0 Å². The number of aryl methyl sites for hydroxylation is 1. The lowest BCUT2D eigenvalue weighted by molar-refractivity contribution is 0.596. The Labute approximate surface area is 101 Å². The Bertz CT molecular complexity index is 431. The van der Waals surface area contributed by atoms with Crippen LogP contribution in [0.2, 0.25) is 0 Å². The van der Waals surface area contributed by atoms with Gasteiger partial charge in [0.2, 0.25) is 4.80 Å². The number of nitrogens with one attached hydrogen (secondary N) is 1. The van der Waals surface area contributed by atoms with E-state index in [-0.39, 0.29) is 0 Å². The minimum Gasteiger partial charge on any atom is -0.299 e. The van der Waals surface area contributed by atoms with Crippen LogP contribution in [0.25, 0.3) is 0 Å². The van der Waals surface area contributed by atoms with E-state index in [4.69, 9.17) is 0 Å². The summed E-state index contributed by atoms with van der Waals surface area (Å²) in [6, 6.07) is 0. The number of thiazole rings is 1. The molecule has 1 fully saturated rings. The molecule has 0 spiro atoms. The predicted octanol–water partition coefficient (Wildman–Crippen LogP) is 2.78. The average Bonchev–Trinajstić information content (AvgIpc) is 2.69. The highest BCUT2D eigenvalue weighted by atomic mass is 32.1. The Morgan fingerprint density at radius 3 is 2.81 bits per heavy atom. The van der Waals surface area contributed by atoms with Gasteiger partial charge in [0, 0.05) is 24.3 Å². The SMILES string of the molecule is CN=c1scc(C)n1NC=C1CCCCC1. The number of hydrogen-bond donors (Lipinski definition) is 1. The molecule has 1 aromatic rings. The molecule has 0 unspecified atom stereocenters. The minimum absolute atomic E-state index is 1.02. The van der Waals surface area contributed by atoms with Crippen molar-refractivity contribution in [3.8, 4) is 0 Å². The third-order valence-electron chi connectivity index (χ3n) is 2.96. The molecule has 0 aromatic carbocycles. The maximum atomic E-state index is 4.24. The van der Waals surface area contributed by atoms with Gasteiger partial charge in [0.15, 0.2) is 0 Å². The molecule has 1 saturated carbocycles. The summed E-state index contributed by atoms with van der Waals surface area (Å²) in [7, 11) is 1.83. The molecule has 3 nitrogen and oxygen atoms in total. The molecule has 1 heterocycles. The molecule has 1 aliphatic rings. The largest absolute Gasteiger partial charge is 0.299 e. The van der Waals surface area contributed by atoms with E-state index in [1.807, 2.05) is 11.7 Å². The van der Waals surface area contributed by atoms with Crippen molar-refractivity contribution in [3.05, 3.63) is 27.6 Å². The smallest absolute Gasteiger partial charge is 0.203 e. The second-order valence-corrected chi connectivity index (χ2v) is 5.05. The summed E-state index contributed by atoms with van der Waals surface area (Å²) in [5.41, 5.74) is 6.09. The van der Waals surface area contributed by atoms with Crippen molar-refractivity contribution in [3.63, 3.8) is 0 Å². The van der Waals surface area contributed by atoms with Gasteiger partial charge >= 0.3 is 0 Å². The summed E-state index contributed by atoms with van der Waals surface area (Å²) in [4.78, 5) is 5.26. The Morgan fingerprint density at radius 2 is 2.12 bits per heavy atom. The fourth-order valence-corrected chi connectivity index (χ4v) is 2.80. The van der Waals surface area contributed by atoms with Crippen molar-refractivity contribution in [1.82, 2.24) is 4.68 Å². The molecule has 0 amide bonds. The lowest BCUT2D eigenvalue weighted by Gasteiger charge is -2.14. The second-order valence-electron chi connectivity index (χ2n) is 4.21. The summed E-state index contributed by atoms with van der Waals surface area (Å²) in [6.45, 7) is 2.09. The zero-order valence-corrected chi connectivity index (χ0v) is 10.8. The van der Waals surface area contributed by atoms with Gasteiger partial charge in [-0.1, -0.05) is 12.0 Å². The number of allylic oxidation sites excluding steroid dienone is 1. The van der Waals surface area contributed by atoms with Crippen molar-refractivity contribution in [1.29, 1.82) is 0 Å². The van der Waals surface area contributed by atoms with Gasteiger partial charge in [0.05, 0.1) is 0 Å². The Morgan fingerprint density at radius 1 is 1.38 bits per heavy atom. The van der Waals surface area contributed by atoms with Crippen LogP contribution in [0.1, 0.15) is 37.8 Å². The monoisotopic (exact) mass is 237 g/mol. The standard InChI is InChI=1S/C12H19N3S/c1-10-9-16-12(13-2)15(10)14-8-11-6-4-3-5-7-11/h8-9,14H,3-7H2,1-2H3. The molecule has 16 heavy (non-hydrogen) atoms. The van der Waals surface area contributed by atoms with Gasteiger partial charge in [-0.05, 0) is 32.6 Å². The topological polar surface area (TPSA) is 29.3 Å². The molecular formula is C12H19N3S. The van der Waals surface area contributed by atoms with Gasteiger partial charge in [0.1, 0.15) is 0 Å². The van der Waals surface area contributed by atoms with Crippen LogP contribution in [-0.4, -0.2) is 11.7 Å². The molecule has 2 rings (SSSR count). The van der Waals surface area contributed by atoms with Gasteiger partial charge in [-0.15, -0.1) is 11.3 Å². The summed E-state index contributed by atoms with van der Waals surface area (Å²) in [5, 5.41) is 2.12. The zero-order valence-electron chi connectivity index (χ0n) is 9.99. The third-order valence-corrected chi connectivity index (χ3v) is 4.00. The lowest BCUT2D eigenvalue weighted by atomic mass is 9.96. The molecule has 4 heteroatoms. The van der Waals surface area contributed by atoms with Crippen molar-refractivity contribution < 1.29 is 0 Å². The fourth-order valence-electron chi connectivity index (χ4n) is 2.01. The first kappa shape index (κ1) is 11.5. The van der Waals surface area contributed by atoms with E-state index < -0.39 is 0 Å². The average molecular weight is 237 g/mol. The molecule has 0 bridgehead atoms. The maximum Gasteiger partial charge on any atom is 0.203 e. The van der Waals surface area contributed by atoms with Crippen molar-refractivity contribution in [2.24, 2.45) is 4.99 Å². The van der Waals surface area contributed by atoms with Crippen molar-refractivity contribution in [2.75, 3.05) is 12.5 Å². The predicted molar refractivity (Wildman–Crippen MR) is 69.1 cm³/mol. The van der Waals surface area contributed by atoms with Crippen LogP contribution in [0.15, 0.2) is 22.1 Å². The Hall–Kier alpha value is -1.03. The maximum absolute atomic E-state index is 4.24. The molecule has 0 atom stereocenters. The highest BCUT2D eigenvalue weighted by molar-refractivity contribution is 7.07. The first-order valence-electron chi connectivity index (χ1n) is 5.85. The van der Waals surface area contributed by atoms with Crippen LogP contribution < -0.4 is 10.2 Å². The van der Waals surface area contributed by atoms with E-state index in [2.05, 4.69) is 28.9 Å². The third kappa shape index (κ3) is 2.55. The molecule has 88 valence electrons. The summed E-state index contributed by atoms with van der Waals surface area (Å²) >= 11 is 1.67. The molecule has 0 saturated heterocycles. The van der Waals surface area contributed by atoms with E-state index >= 15 is 0 Å². The van der Waals surface area contributed by atoms with Crippen LogP contribution in [0.3, 0.4) is 0 Å². The van der Waals surface area contributed by atoms with Crippen LogP contribution in [0, 0.1) is 6.92 Å². The molecule has 1 aliphatic carbocycles. The summed E-state index contributed by atoms with van der Waals surface area (Å²) < 4.78 is 2.05. The molecule has 1 aromatic heterocycles. The van der Waals surface area contributed by atoms with Gasteiger partial charge in [-0.25, -0.2) is 4.68 Å². The summed E-state index contributed by atoms with van der Waals surface area (Å²) in [5.74, 6) is 0. The minimum atomic E-state index is 1.02. The Balaban J connectivity index is 2.11. The van der Waals surface area contributed by atoms with E-state index in [0.717, 1.165) is 4.80 Å². The lowest BCUT2D eigenvalue weighted by Crippen LogP contribution is -2.23. The van der Waals surface area contributed by atoms with Gasteiger partial charge in [-0.3, -0.25) is 10.4 Å². The van der Waals surface area contributed by atoms with Crippen molar-refractivity contribution >= 4 is 11.3 Å². The number of hydrogen-bond acceptors (Lipinski definition) is 3. The normalized spacial score (nSPS) is 17.6. The van der Waals surface area contributed by atoms with Crippen LogP contribution >= 0.6 is 11.3 Å². The zero-order chi connectivity index (χ0) is 11.4. The number of aromatic nitrogens is 1.